The Kier molecular flexibility index (Phi) is 4.40. The van der Waals surface area contributed by atoms with Crippen LogP contribution in [0, 0.1) is 6.92 Å². The minimum Gasteiger partial charge on any atom is -0.496 e. The highest BCUT2D eigenvalue weighted by atomic mass is 32.2. The van der Waals surface area contributed by atoms with E-state index in [0.717, 1.165) is 11.3 Å². The molecule has 3 aromatic rings. The molecule has 0 saturated carbocycles. The van der Waals surface area contributed by atoms with Gasteiger partial charge in [0.05, 0.1) is 36.6 Å². The largest absolute Gasteiger partial charge is 0.496 e. The lowest BCUT2D eigenvalue weighted by molar-refractivity contribution is 0.189. The number of sulfonamides is 1. The summed E-state index contributed by atoms with van der Waals surface area (Å²) >= 11 is 0. The lowest BCUT2D eigenvalue weighted by atomic mass is 10.2. The van der Waals surface area contributed by atoms with Gasteiger partial charge < -0.3 is 4.74 Å². The number of methoxy groups -OCH3 is 1. The molecule has 1 aliphatic rings. The smallest absolute Gasteiger partial charge is 0.243 e. The fourth-order valence-corrected chi connectivity index (χ4v) is 4.58. The van der Waals surface area contributed by atoms with E-state index in [-0.39, 0.29) is 10.9 Å². The number of hydrogen-bond acceptors (Lipinski definition) is 7. The summed E-state index contributed by atoms with van der Waals surface area (Å²) in [5.41, 5.74) is 1.50. The molecule has 0 spiro atoms. The quantitative estimate of drug-likeness (QED) is 0.603. The Labute approximate surface area is 156 Å². The molecule has 2 aromatic heterocycles. The molecule has 1 fully saturated rings. The number of aryl methyl sites for hydroxylation is 1. The van der Waals surface area contributed by atoms with Crippen LogP contribution in [0.25, 0.3) is 0 Å². The molecule has 3 heterocycles. The Morgan fingerprint density at radius 2 is 1.96 bits per heavy atom. The van der Waals surface area contributed by atoms with Gasteiger partial charge in [-0.25, -0.2) is 13.1 Å². The first-order valence-corrected chi connectivity index (χ1v) is 9.81. The monoisotopic (exact) mass is 389 g/mol. The van der Waals surface area contributed by atoms with Crippen molar-refractivity contribution in [2.75, 3.05) is 20.2 Å². The number of benzene rings is 1. The van der Waals surface area contributed by atoms with Crippen LogP contribution in [0.2, 0.25) is 0 Å². The van der Waals surface area contributed by atoms with E-state index in [1.807, 2.05) is 6.92 Å². The van der Waals surface area contributed by atoms with Gasteiger partial charge >= 0.3 is 0 Å². The van der Waals surface area contributed by atoms with Crippen molar-refractivity contribution >= 4 is 10.0 Å². The molecule has 27 heavy (non-hydrogen) atoms. The average Bonchev–Trinajstić information content (AvgIpc) is 3.26. The van der Waals surface area contributed by atoms with Gasteiger partial charge in [0.1, 0.15) is 18.0 Å². The minimum absolute atomic E-state index is 0.0362. The van der Waals surface area contributed by atoms with E-state index in [1.165, 1.54) is 9.10 Å². The number of rotatable bonds is 6. The molecule has 1 aromatic carbocycles. The molecule has 1 aliphatic heterocycles. The molecule has 0 atom stereocenters. The third-order valence-corrected chi connectivity index (χ3v) is 6.36. The Balaban J connectivity index is 1.43. The van der Waals surface area contributed by atoms with Gasteiger partial charge in [0, 0.05) is 13.1 Å². The Morgan fingerprint density at radius 1 is 1.22 bits per heavy atom. The Hall–Kier alpha value is -2.79. The summed E-state index contributed by atoms with van der Waals surface area (Å²) in [6.45, 7) is 2.96. The molecule has 0 aliphatic carbocycles. The summed E-state index contributed by atoms with van der Waals surface area (Å²) in [7, 11) is -1.97. The van der Waals surface area contributed by atoms with Crippen LogP contribution in [0.15, 0.2) is 41.7 Å². The van der Waals surface area contributed by atoms with Gasteiger partial charge in [-0.15, -0.1) is 5.10 Å². The Bertz CT molecular complexity index is 1040. The summed E-state index contributed by atoms with van der Waals surface area (Å²) < 4.78 is 33.9. The number of nitrogens with zero attached hydrogens (tertiary/aromatic N) is 7. The zero-order chi connectivity index (χ0) is 19.0. The summed E-state index contributed by atoms with van der Waals surface area (Å²) in [5, 5.41) is 16.3. The summed E-state index contributed by atoms with van der Waals surface area (Å²) in [5.74, 6) is 0.664. The van der Waals surface area contributed by atoms with Crippen LogP contribution in [0.1, 0.15) is 17.3 Å². The fourth-order valence-electron chi connectivity index (χ4n) is 2.97. The maximum absolute atomic E-state index is 12.8. The maximum atomic E-state index is 12.8. The van der Waals surface area contributed by atoms with Crippen LogP contribution in [0.4, 0.5) is 0 Å². The predicted molar refractivity (Wildman–Crippen MR) is 94.7 cm³/mol. The van der Waals surface area contributed by atoms with E-state index < -0.39 is 10.0 Å². The van der Waals surface area contributed by atoms with E-state index in [1.54, 1.807) is 48.6 Å². The van der Waals surface area contributed by atoms with Gasteiger partial charge in [-0.05, 0) is 30.7 Å². The predicted octanol–water partition coefficient (Wildman–Crippen LogP) is 0.481. The lowest BCUT2D eigenvalue weighted by Gasteiger charge is -2.37. The van der Waals surface area contributed by atoms with Crippen molar-refractivity contribution in [2.24, 2.45) is 0 Å². The SMILES string of the molecule is COc1ccc(S(=O)(=O)N2CC(n3cc(Cn4nccn4)nn3)C2)cc1C. The number of ether oxygens (including phenoxy) is 1. The van der Waals surface area contributed by atoms with E-state index >= 15 is 0 Å². The minimum atomic E-state index is -3.53. The average molecular weight is 389 g/mol. The first kappa shape index (κ1) is 17.6. The van der Waals surface area contributed by atoms with Gasteiger partial charge in [-0.2, -0.15) is 19.3 Å². The standard InChI is InChI=1S/C16H19N7O3S/c1-12-7-15(3-4-16(12)26-2)27(24,25)21-10-14(11-21)22-8-13(19-20-22)9-23-17-5-6-18-23/h3-8,14H,9-11H2,1-2H3. The summed E-state index contributed by atoms with van der Waals surface area (Å²) in [6, 6.07) is 4.84. The Morgan fingerprint density at radius 3 is 2.63 bits per heavy atom. The second kappa shape index (κ2) is 6.74. The summed E-state index contributed by atoms with van der Waals surface area (Å²) in [6.07, 6.45) is 5.00. The van der Waals surface area contributed by atoms with Crippen molar-refractivity contribution in [3.63, 3.8) is 0 Å². The lowest BCUT2D eigenvalue weighted by Crippen LogP contribution is -2.50. The molecule has 10 nitrogen and oxygen atoms in total. The van der Waals surface area contributed by atoms with Crippen LogP contribution >= 0.6 is 0 Å². The van der Waals surface area contributed by atoms with Gasteiger partial charge in [0.2, 0.25) is 10.0 Å². The second-order valence-corrected chi connectivity index (χ2v) is 8.29. The third-order valence-electron chi connectivity index (χ3n) is 4.53. The first-order chi connectivity index (χ1) is 13.0. The highest BCUT2D eigenvalue weighted by Gasteiger charge is 2.38. The molecular formula is C16H19N7O3S. The van der Waals surface area contributed by atoms with Crippen molar-refractivity contribution in [2.45, 2.75) is 24.4 Å². The molecule has 142 valence electrons. The molecule has 0 unspecified atom stereocenters. The highest BCUT2D eigenvalue weighted by molar-refractivity contribution is 7.89. The summed E-state index contributed by atoms with van der Waals surface area (Å²) in [4.78, 5) is 1.78. The van der Waals surface area contributed by atoms with Gasteiger partial charge in [-0.3, -0.25) is 0 Å². The van der Waals surface area contributed by atoms with Crippen LogP contribution in [-0.4, -0.2) is 62.9 Å². The molecule has 0 N–H and O–H groups in total. The number of aromatic nitrogens is 6. The van der Waals surface area contributed by atoms with Crippen molar-refractivity contribution in [3.05, 3.63) is 48.0 Å². The van der Waals surface area contributed by atoms with Crippen LogP contribution in [0.3, 0.4) is 0 Å². The number of hydrogen-bond donors (Lipinski definition) is 0. The van der Waals surface area contributed by atoms with Crippen LogP contribution in [0.5, 0.6) is 5.75 Å². The van der Waals surface area contributed by atoms with Gasteiger partial charge in [0.25, 0.3) is 0 Å². The van der Waals surface area contributed by atoms with Crippen molar-refractivity contribution in [1.29, 1.82) is 0 Å². The van der Waals surface area contributed by atoms with E-state index in [0.29, 0.717) is 25.4 Å². The van der Waals surface area contributed by atoms with Crippen molar-refractivity contribution in [3.8, 4) is 5.75 Å². The van der Waals surface area contributed by atoms with Crippen LogP contribution in [-0.2, 0) is 16.6 Å². The van der Waals surface area contributed by atoms with Gasteiger partial charge in [-0.1, -0.05) is 5.21 Å². The molecule has 0 amide bonds. The zero-order valence-corrected chi connectivity index (χ0v) is 15.7. The second-order valence-electron chi connectivity index (χ2n) is 6.36. The molecular weight excluding hydrogens is 370 g/mol. The fraction of sp³-hybridized carbons (Fsp3) is 0.375. The normalized spacial score (nSPS) is 15.6. The van der Waals surface area contributed by atoms with E-state index in [2.05, 4.69) is 20.5 Å². The zero-order valence-electron chi connectivity index (χ0n) is 14.9. The topological polar surface area (TPSA) is 108 Å². The highest BCUT2D eigenvalue weighted by Crippen LogP contribution is 2.30. The van der Waals surface area contributed by atoms with Crippen molar-refractivity contribution < 1.29 is 13.2 Å². The van der Waals surface area contributed by atoms with E-state index in [4.69, 9.17) is 4.74 Å². The first-order valence-electron chi connectivity index (χ1n) is 8.37. The third kappa shape index (κ3) is 3.30. The molecule has 1 saturated heterocycles. The van der Waals surface area contributed by atoms with Gasteiger partial charge in [0.15, 0.2) is 0 Å². The van der Waals surface area contributed by atoms with Crippen LogP contribution < -0.4 is 4.74 Å². The molecule has 0 bridgehead atoms. The molecule has 4 rings (SSSR count). The van der Waals surface area contributed by atoms with Crippen molar-refractivity contribution in [1.82, 2.24) is 34.3 Å². The van der Waals surface area contributed by atoms with E-state index in [9.17, 15) is 8.42 Å². The maximum Gasteiger partial charge on any atom is 0.243 e. The molecule has 11 heteroatoms. The molecule has 0 radical (unpaired) electrons.